The molecule has 0 unspecified atom stereocenters. The molecular formula is C27H30N2O4. The van der Waals surface area contributed by atoms with Gasteiger partial charge in [0.15, 0.2) is 6.61 Å². The minimum Gasteiger partial charge on any atom is -0.484 e. The number of amides is 1. The second kappa shape index (κ2) is 11.8. The zero-order valence-electron chi connectivity index (χ0n) is 19.4. The van der Waals surface area contributed by atoms with Gasteiger partial charge in [0.25, 0.3) is 5.91 Å². The van der Waals surface area contributed by atoms with Gasteiger partial charge in [-0.3, -0.25) is 9.78 Å². The van der Waals surface area contributed by atoms with Crippen LogP contribution in [0.4, 0.5) is 5.69 Å². The molecule has 0 spiro atoms. The fourth-order valence-electron chi connectivity index (χ4n) is 3.34. The summed E-state index contributed by atoms with van der Waals surface area (Å²) in [5, 5.41) is 0. The molecule has 33 heavy (non-hydrogen) atoms. The molecule has 2 aromatic carbocycles. The molecule has 6 nitrogen and oxygen atoms in total. The van der Waals surface area contributed by atoms with E-state index < -0.39 is 5.97 Å². The molecule has 1 atom stereocenters. The van der Waals surface area contributed by atoms with E-state index >= 15 is 0 Å². The molecule has 172 valence electrons. The molecule has 0 N–H and O–H groups in total. The Labute approximate surface area is 195 Å². The van der Waals surface area contributed by atoms with Crippen LogP contribution in [0, 0.1) is 0 Å². The molecule has 0 saturated carbocycles. The van der Waals surface area contributed by atoms with Crippen molar-refractivity contribution in [2.75, 3.05) is 18.1 Å². The number of rotatable bonds is 10. The first kappa shape index (κ1) is 24.0. The molecular weight excluding hydrogens is 416 g/mol. The van der Waals surface area contributed by atoms with Crippen LogP contribution in [-0.2, 0) is 16.1 Å². The maximum absolute atomic E-state index is 13.2. The molecule has 1 aromatic heterocycles. The van der Waals surface area contributed by atoms with Gasteiger partial charge in [-0.2, -0.15) is 0 Å². The zero-order valence-corrected chi connectivity index (χ0v) is 19.4. The van der Waals surface area contributed by atoms with E-state index in [0.717, 1.165) is 12.0 Å². The summed E-state index contributed by atoms with van der Waals surface area (Å²) in [4.78, 5) is 30.9. The van der Waals surface area contributed by atoms with Gasteiger partial charge in [-0.05, 0) is 72.9 Å². The fourth-order valence-corrected chi connectivity index (χ4v) is 3.34. The van der Waals surface area contributed by atoms with Crippen molar-refractivity contribution in [2.24, 2.45) is 0 Å². The third kappa shape index (κ3) is 6.65. The lowest BCUT2D eigenvalue weighted by Gasteiger charge is -2.23. The van der Waals surface area contributed by atoms with Crippen molar-refractivity contribution >= 4 is 17.6 Å². The van der Waals surface area contributed by atoms with E-state index in [1.54, 1.807) is 48.5 Å². The van der Waals surface area contributed by atoms with Gasteiger partial charge in [-0.1, -0.05) is 32.0 Å². The quantitative estimate of drug-likeness (QED) is 0.391. The van der Waals surface area contributed by atoms with E-state index in [0.29, 0.717) is 36.1 Å². The van der Waals surface area contributed by atoms with Crippen molar-refractivity contribution in [3.63, 3.8) is 0 Å². The predicted octanol–water partition coefficient (Wildman–Crippen LogP) is 5.38. The van der Waals surface area contributed by atoms with E-state index in [2.05, 4.69) is 18.8 Å². The number of hydrogen-bond acceptors (Lipinski definition) is 5. The summed E-state index contributed by atoms with van der Waals surface area (Å²) in [6, 6.07) is 18.4. The molecule has 3 rings (SSSR count). The first-order valence-corrected chi connectivity index (χ1v) is 11.2. The van der Waals surface area contributed by atoms with Crippen LogP contribution in [0.2, 0.25) is 0 Å². The van der Waals surface area contributed by atoms with Crippen LogP contribution in [-0.4, -0.2) is 30.1 Å². The third-order valence-electron chi connectivity index (χ3n) is 5.48. The SMILES string of the molecule is CCOC(=O)c1ccc(N(Cc2cccnc2)C(=O)COc2ccc([C@H](C)CC)cc2)cc1. The summed E-state index contributed by atoms with van der Waals surface area (Å²) < 4.78 is 10.8. The lowest BCUT2D eigenvalue weighted by atomic mass is 9.99. The second-order valence-electron chi connectivity index (χ2n) is 7.78. The van der Waals surface area contributed by atoms with E-state index in [4.69, 9.17) is 9.47 Å². The lowest BCUT2D eigenvalue weighted by molar-refractivity contribution is -0.120. The predicted molar refractivity (Wildman–Crippen MR) is 128 cm³/mol. The molecule has 0 saturated heterocycles. The molecule has 0 aliphatic carbocycles. The minimum absolute atomic E-state index is 0.109. The monoisotopic (exact) mass is 446 g/mol. The Morgan fingerprint density at radius 3 is 2.33 bits per heavy atom. The fraction of sp³-hybridized carbons (Fsp3) is 0.296. The number of carbonyl (C=O) groups is 2. The van der Waals surface area contributed by atoms with E-state index in [9.17, 15) is 9.59 Å². The molecule has 1 heterocycles. The molecule has 0 radical (unpaired) electrons. The minimum atomic E-state index is -0.390. The smallest absolute Gasteiger partial charge is 0.338 e. The van der Waals surface area contributed by atoms with Crippen LogP contribution >= 0.6 is 0 Å². The Hall–Kier alpha value is -3.67. The number of pyridine rings is 1. The van der Waals surface area contributed by atoms with Gasteiger partial charge in [0.1, 0.15) is 5.75 Å². The van der Waals surface area contributed by atoms with E-state index in [-0.39, 0.29) is 12.5 Å². The van der Waals surface area contributed by atoms with Crippen molar-refractivity contribution in [3.05, 3.63) is 89.7 Å². The summed E-state index contributed by atoms with van der Waals surface area (Å²) >= 11 is 0. The highest BCUT2D eigenvalue weighted by molar-refractivity contribution is 5.95. The maximum atomic E-state index is 13.2. The number of carbonyl (C=O) groups excluding carboxylic acids is 2. The van der Waals surface area contributed by atoms with Crippen LogP contribution in [0.15, 0.2) is 73.1 Å². The Morgan fingerprint density at radius 1 is 1.00 bits per heavy atom. The lowest BCUT2D eigenvalue weighted by Crippen LogP contribution is -2.34. The van der Waals surface area contributed by atoms with Gasteiger partial charge >= 0.3 is 5.97 Å². The summed E-state index contributed by atoms with van der Waals surface area (Å²) in [7, 11) is 0. The van der Waals surface area contributed by atoms with E-state index in [1.807, 2.05) is 36.4 Å². The molecule has 0 bridgehead atoms. The van der Waals surface area contributed by atoms with Gasteiger partial charge < -0.3 is 14.4 Å². The highest BCUT2D eigenvalue weighted by Crippen LogP contribution is 2.23. The third-order valence-corrected chi connectivity index (χ3v) is 5.48. The summed E-state index contributed by atoms with van der Waals surface area (Å²) in [6.45, 7) is 6.64. The number of benzene rings is 2. The van der Waals surface area contributed by atoms with Crippen LogP contribution < -0.4 is 9.64 Å². The molecule has 0 fully saturated rings. The van der Waals surface area contributed by atoms with Crippen LogP contribution in [0.1, 0.15) is 54.6 Å². The summed E-state index contributed by atoms with van der Waals surface area (Å²) in [5.41, 5.74) is 3.23. The second-order valence-corrected chi connectivity index (χ2v) is 7.78. The zero-order chi connectivity index (χ0) is 23.6. The molecule has 3 aromatic rings. The average Bonchev–Trinajstić information content (AvgIpc) is 2.86. The molecule has 0 aliphatic rings. The van der Waals surface area contributed by atoms with Crippen molar-refractivity contribution in [2.45, 2.75) is 39.7 Å². The number of nitrogens with zero attached hydrogens (tertiary/aromatic N) is 2. The highest BCUT2D eigenvalue weighted by atomic mass is 16.5. The number of aromatic nitrogens is 1. The topological polar surface area (TPSA) is 68.7 Å². The maximum Gasteiger partial charge on any atom is 0.338 e. The number of esters is 1. The van der Waals surface area contributed by atoms with Crippen LogP contribution in [0.5, 0.6) is 5.75 Å². The van der Waals surface area contributed by atoms with Crippen LogP contribution in [0.3, 0.4) is 0 Å². The first-order chi connectivity index (χ1) is 16.0. The number of anilines is 1. The van der Waals surface area contributed by atoms with Crippen molar-refractivity contribution in [1.82, 2.24) is 4.98 Å². The highest BCUT2D eigenvalue weighted by Gasteiger charge is 2.18. The molecule has 1 amide bonds. The number of ether oxygens (including phenoxy) is 2. The Bertz CT molecular complexity index is 1030. The molecule has 6 heteroatoms. The number of hydrogen-bond donors (Lipinski definition) is 0. The summed E-state index contributed by atoms with van der Waals surface area (Å²) in [5.74, 6) is 0.537. The first-order valence-electron chi connectivity index (χ1n) is 11.2. The normalized spacial score (nSPS) is 11.5. The van der Waals surface area contributed by atoms with Crippen molar-refractivity contribution in [3.8, 4) is 5.75 Å². The Morgan fingerprint density at radius 2 is 1.73 bits per heavy atom. The van der Waals surface area contributed by atoms with Gasteiger partial charge in [-0.15, -0.1) is 0 Å². The largest absolute Gasteiger partial charge is 0.484 e. The van der Waals surface area contributed by atoms with Gasteiger partial charge in [0.2, 0.25) is 0 Å². The van der Waals surface area contributed by atoms with E-state index in [1.165, 1.54) is 5.56 Å². The van der Waals surface area contributed by atoms with Gasteiger partial charge in [0.05, 0.1) is 18.7 Å². The Kier molecular flexibility index (Phi) is 8.58. The summed E-state index contributed by atoms with van der Waals surface area (Å²) in [6.07, 6.45) is 4.48. The average molecular weight is 447 g/mol. The standard InChI is InChI=1S/C27H30N2O4/c1-4-20(3)22-10-14-25(15-11-22)33-19-26(30)29(18-21-7-6-16-28-17-21)24-12-8-23(9-13-24)27(31)32-5-2/h6-17,20H,4-5,18-19H2,1-3H3/t20-/m1/s1. The van der Waals surface area contributed by atoms with Crippen molar-refractivity contribution in [1.29, 1.82) is 0 Å². The van der Waals surface area contributed by atoms with Gasteiger partial charge in [-0.25, -0.2) is 4.79 Å². The van der Waals surface area contributed by atoms with Crippen molar-refractivity contribution < 1.29 is 19.1 Å². The van der Waals surface area contributed by atoms with Gasteiger partial charge in [0, 0.05) is 18.1 Å². The Balaban J connectivity index is 1.74. The molecule has 0 aliphatic heterocycles. The van der Waals surface area contributed by atoms with Crippen LogP contribution in [0.25, 0.3) is 0 Å².